The molecule has 1 heterocycles. The van der Waals surface area contributed by atoms with Crippen LogP contribution >= 0.6 is 0 Å². The largest absolute Gasteiger partial charge is 0.329 e. The number of nitrogens with two attached hydrogens (primary N) is 1. The third-order valence-corrected chi connectivity index (χ3v) is 3.18. The molecule has 0 bridgehead atoms. The fourth-order valence-corrected chi connectivity index (χ4v) is 2.47. The summed E-state index contributed by atoms with van der Waals surface area (Å²) in [6.07, 6.45) is 1.86. The molecule has 102 valence electrons. The van der Waals surface area contributed by atoms with Crippen LogP contribution in [0.15, 0.2) is 36.5 Å². The van der Waals surface area contributed by atoms with Gasteiger partial charge in [0.2, 0.25) is 0 Å². The Morgan fingerprint density at radius 3 is 2.74 bits per heavy atom. The molecule has 0 saturated heterocycles. The molecule has 0 radical (unpaired) electrons. The number of hydrogen-bond acceptors (Lipinski definition) is 3. The predicted octanol–water partition coefficient (Wildman–Crippen LogP) is 2.65. The van der Waals surface area contributed by atoms with Crippen LogP contribution in [0.3, 0.4) is 0 Å². The van der Waals surface area contributed by atoms with Gasteiger partial charge in [0, 0.05) is 37.8 Å². The highest BCUT2D eigenvalue weighted by Crippen LogP contribution is 2.18. The van der Waals surface area contributed by atoms with E-state index in [-0.39, 0.29) is 0 Å². The Balaban J connectivity index is 2.23. The highest BCUT2D eigenvalue weighted by molar-refractivity contribution is 5.81. The first-order valence-electron chi connectivity index (χ1n) is 6.95. The summed E-state index contributed by atoms with van der Waals surface area (Å²) in [4.78, 5) is 6.93. The summed E-state index contributed by atoms with van der Waals surface area (Å²) in [5.74, 6) is 0.648. The van der Waals surface area contributed by atoms with E-state index in [9.17, 15) is 0 Å². The minimum Gasteiger partial charge on any atom is -0.329 e. The minimum atomic E-state index is 0.648. The molecular formula is C16H23N3. The highest BCUT2D eigenvalue weighted by Gasteiger charge is 2.10. The summed E-state index contributed by atoms with van der Waals surface area (Å²) in [5, 5.41) is 1.21. The van der Waals surface area contributed by atoms with Gasteiger partial charge in [0.1, 0.15) is 0 Å². The summed E-state index contributed by atoms with van der Waals surface area (Å²) in [6, 6.07) is 10.5. The van der Waals surface area contributed by atoms with E-state index < -0.39 is 0 Å². The van der Waals surface area contributed by atoms with Gasteiger partial charge in [-0.15, -0.1) is 0 Å². The summed E-state index contributed by atoms with van der Waals surface area (Å²) in [7, 11) is 0. The average molecular weight is 257 g/mol. The van der Waals surface area contributed by atoms with Crippen molar-refractivity contribution in [2.75, 3.05) is 19.6 Å². The Hall–Kier alpha value is -1.45. The van der Waals surface area contributed by atoms with Crippen molar-refractivity contribution in [1.82, 2.24) is 9.88 Å². The van der Waals surface area contributed by atoms with Crippen LogP contribution in [0.25, 0.3) is 10.9 Å². The molecule has 0 fully saturated rings. The monoisotopic (exact) mass is 257 g/mol. The van der Waals surface area contributed by atoms with Gasteiger partial charge in [0.05, 0.1) is 5.52 Å². The molecule has 0 amide bonds. The molecule has 2 rings (SSSR count). The Bertz CT molecular complexity index is 517. The van der Waals surface area contributed by atoms with Crippen LogP contribution in [-0.2, 0) is 6.54 Å². The second-order valence-electron chi connectivity index (χ2n) is 5.41. The lowest BCUT2D eigenvalue weighted by atomic mass is 10.1. The Labute approximate surface area is 115 Å². The van der Waals surface area contributed by atoms with Crippen LogP contribution in [0.1, 0.15) is 19.4 Å². The van der Waals surface area contributed by atoms with Crippen molar-refractivity contribution in [1.29, 1.82) is 0 Å². The van der Waals surface area contributed by atoms with Gasteiger partial charge in [0.15, 0.2) is 0 Å². The Morgan fingerprint density at radius 2 is 2.00 bits per heavy atom. The van der Waals surface area contributed by atoms with Crippen molar-refractivity contribution in [2.45, 2.75) is 20.4 Å². The maximum Gasteiger partial charge on any atom is 0.0746 e. The Kier molecular flexibility index (Phi) is 4.88. The van der Waals surface area contributed by atoms with Crippen LogP contribution < -0.4 is 5.73 Å². The van der Waals surface area contributed by atoms with Gasteiger partial charge in [-0.2, -0.15) is 0 Å². The van der Waals surface area contributed by atoms with E-state index in [1.165, 1.54) is 10.9 Å². The molecule has 19 heavy (non-hydrogen) atoms. The maximum absolute atomic E-state index is 5.71. The predicted molar refractivity (Wildman–Crippen MR) is 80.9 cm³/mol. The number of rotatable bonds is 6. The lowest BCUT2D eigenvalue weighted by molar-refractivity contribution is 0.243. The molecule has 0 aliphatic heterocycles. The van der Waals surface area contributed by atoms with E-state index in [1.807, 2.05) is 12.3 Å². The van der Waals surface area contributed by atoms with Crippen molar-refractivity contribution >= 4 is 10.9 Å². The molecule has 0 saturated carbocycles. The maximum atomic E-state index is 5.71. The van der Waals surface area contributed by atoms with Crippen LogP contribution in [0, 0.1) is 5.92 Å². The molecule has 1 aromatic carbocycles. The molecule has 3 heteroatoms. The molecule has 0 aliphatic rings. The molecule has 0 unspecified atom stereocenters. The van der Waals surface area contributed by atoms with Crippen LogP contribution in [0.2, 0.25) is 0 Å². The van der Waals surface area contributed by atoms with Crippen molar-refractivity contribution in [3.63, 3.8) is 0 Å². The SMILES string of the molecule is CC(C)CN(CCN)Cc1cccc2cccnc12. The van der Waals surface area contributed by atoms with E-state index >= 15 is 0 Å². The molecule has 0 spiro atoms. The van der Waals surface area contributed by atoms with Gasteiger partial charge in [-0.3, -0.25) is 9.88 Å². The highest BCUT2D eigenvalue weighted by atomic mass is 15.1. The number of hydrogen-bond donors (Lipinski definition) is 1. The fourth-order valence-electron chi connectivity index (χ4n) is 2.47. The van der Waals surface area contributed by atoms with Gasteiger partial charge in [-0.1, -0.05) is 38.1 Å². The molecule has 0 aliphatic carbocycles. The summed E-state index contributed by atoms with van der Waals surface area (Å²) >= 11 is 0. The summed E-state index contributed by atoms with van der Waals surface area (Å²) in [6.45, 7) is 8.10. The van der Waals surface area contributed by atoms with Gasteiger partial charge >= 0.3 is 0 Å². The third kappa shape index (κ3) is 3.75. The van der Waals surface area contributed by atoms with Gasteiger partial charge in [-0.05, 0) is 17.5 Å². The average Bonchev–Trinajstić information content (AvgIpc) is 2.39. The second kappa shape index (κ2) is 6.64. The normalized spacial score (nSPS) is 11.6. The van der Waals surface area contributed by atoms with E-state index in [4.69, 9.17) is 5.73 Å². The number of nitrogens with zero attached hydrogens (tertiary/aromatic N) is 2. The van der Waals surface area contributed by atoms with Crippen LogP contribution in [-0.4, -0.2) is 29.5 Å². The van der Waals surface area contributed by atoms with Crippen molar-refractivity contribution < 1.29 is 0 Å². The minimum absolute atomic E-state index is 0.648. The van der Waals surface area contributed by atoms with Crippen molar-refractivity contribution in [3.8, 4) is 0 Å². The standard InChI is InChI=1S/C16H23N3/c1-13(2)11-19(10-8-17)12-15-6-3-5-14-7-4-9-18-16(14)15/h3-7,9,13H,8,10-12,17H2,1-2H3. The molecule has 2 N–H and O–H groups in total. The van der Waals surface area contributed by atoms with E-state index in [0.717, 1.165) is 25.2 Å². The lowest BCUT2D eigenvalue weighted by Crippen LogP contribution is -2.32. The first-order chi connectivity index (χ1) is 9.20. The number of aromatic nitrogens is 1. The van der Waals surface area contributed by atoms with Crippen LogP contribution in [0.5, 0.6) is 0 Å². The molecule has 2 aromatic rings. The van der Waals surface area contributed by atoms with Crippen molar-refractivity contribution in [2.24, 2.45) is 11.7 Å². The van der Waals surface area contributed by atoms with Crippen molar-refractivity contribution in [3.05, 3.63) is 42.1 Å². The molecular weight excluding hydrogens is 234 g/mol. The molecule has 3 nitrogen and oxygen atoms in total. The van der Waals surface area contributed by atoms with Gasteiger partial charge in [-0.25, -0.2) is 0 Å². The first kappa shape index (κ1) is 14.0. The van der Waals surface area contributed by atoms with E-state index in [0.29, 0.717) is 12.5 Å². The number of benzene rings is 1. The zero-order chi connectivity index (χ0) is 13.7. The van der Waals surface area contributed by atoms with E-state index in [2.05, 4.69) is 48.0 Å². The molecule has 1 aromatic heterocycles. The Morgan fingerprint density at radius 1 is 1.21 bits per heavy atom. The smallest absolute Gasteiger partial charge is 0.0746 e. The number of para-hydroxylation sites is 1. The zero-order valence-corrected chi connectivity index (χ0v) is 11.8. The quantitative estimate of drug-likeness (QED) is 0.865. The van der Waals surface area contributed by atoms with Crippen LogP contribution in [0.4, 0.5) is 0 Å². The second-order valence-corrected chi connectivity index (χ2v) is 5.41. The third-order valence-electron chi connectivity index (χ3n) is 3.18. The molecule has 0 atom stereocenters. The van der Waals surface area contributed by atoms with Gasteiger partial charge < -0.3 is 5.73 Å². The topological polar surface area (TPSA) is 42.1 Å². The fraction of sp³-hybridized carbons (Fsp3) is 0.438. The number of fused-ring (bicyclic) bond motifs is 1. The number of pyridine rings is 1. The van der Waals surface area contributed by atoms with E-state index in [1.54, 1.807) is 0 Å². The summed E-state index contributed by atoms with van der Waals surface area (Å²) < 4.78 is 0. The van der Waals surface area contributed by atoms with Gasteiger partial charge in [0.25, 0.3) is 0 Å². The first-order valence-corrected chi connectivity index (χ1v) is 6.95. The summed E-state index contributed by atoms with van der Waals surface area (Å²) in [5.41, 5.74) is 8.11. The lowest BCUT2D eigenvalue weighted by Gasteiger charge is -2.24. The zero-order valence-electron chi connectivity index (χ0n) is 11.8.